The number of hydrogen-bond donors (Lipinski definition) is 0. The maximum absolute atomic E-state index is 14.8. The normalized spacial score (nSPS) is 12.4. The number of imide groups is 1. The number of carbonyl (C=O) groups excluding carboxylic acids is 2. The molecule has 2 aromatic heterocycles. The van der Waals surface area contributed by atoms with E-state index in [2.05, 4.69) is 27.8 Å². The van der Waals surface area contributed by atoms with Crippen molar-refractivity contribution in [3.63, 3.8) is 0 Å². The lowest BCUT2D eigenvalue weighted by molar-refractivity contribution is 0.0926. The van der Waals surface area contributed by atoms with Crippen LogP contribution in [0.5, 0.6) is 0 Å². The minimum Gasteiger partial charge on any atom is -0.308 e. The molecular formula is C44H26N4O2. The lowest BCUT2D eigenvalue weighted by atomic mass is 9.92. The first kappa shape index (κ1) is 29.1. The number of benzene rings is 6. The molecule has 0 saturated carbocycles. The average molecular weight is 643 g/mol. The number of nitrogens with zero attached hydrogens (tertiary/aromatic N) is 4. The maximum atomic E-state index is 14.8. The Kier molecular flexibility index (Phi) is 6.72. The van der Waals surface area contributed by atoms with Crippen LogP contribution in [-0.2, 0) is 0 Å². The average Bonchev–Trinajstić information content (AvgIpc) is 3.65. The van der Waals surface area contributed by atoms with Crippen molar-refractivity contribution in [2.24, 2.45) is 0 Å². The summed E-state index contributed by atoms with van der Waals surface area (Å²) in [4.78, 5) is 34.8. The molecule has 9 rings (SSSR count). The summed E-state index contributed by atoms with van der Waals surface area (Å²) in [6.45, 7) is 0. The van der Waals surface area contributed by atoms with Crippen LogP contribution < -0.4 is 4.90 Å². The minimum absolute atomic E-state index is 0.359. The fourth-order valence-electron chi connectivity index (χ4n) is 7.24. The van der Waals surface area contributed by atoms with Gasteiger partial charge in [0.15, 0.2) is 0 Å². The van der Waals surface area contributed by atoms with Gasteiger partial charge in [-0.2, -0.15) is 5.26 Å². The third-order valence-electron chi connectivity index (χ3n) is 9.44. The van der Waals surface area contributed by atoms with Crippen molar-refractivity contribution >= 4 is 39.3 Å². The number of anilines is 1. The first-order valence-corrected chi connectivity index (χ1v) is 16.3. The van der Waals surface area contributed by atoms with Gasteiger partial charge in [-0.15, -0.1) is 0 Å². The fraction of sp³-hybridized carbons (Fsp3) is 0. The second-order valence-electron chi connectivity index (χ2n) is 12.2. The van der Waals surface area contributed by atoms with Crippen molar-refractivity contribution < 1.29 is 9.59 Å². The predicted octanol–water partition coefficient (Wildman–Crippen LogP) is 9.85. The number of hydrogen-bond acceptors (Lipinski definition) is 4. The lowest BCUT2D eigenvalue weighted by Crippen LogP contribution is -2.30. The Morgan fingerprint density at radius 3 is 1.96 bits per heavy atom. The summed E-state index contributed by atoms with van der Waals surface area (Å²) >= 11 is 0. The Morgan fingerprint density at radius 1 is 0.500 bits per heavy atom. The number of para-hydroxylation sites is 1. The van der Waals surface area contributed by atoms with E-state index in [4.69, 9.17) is 0 Å². The molecule has 0 spiro atoms. The molecule has 0 aliphatic carbocycles. The minimum atomic E-state index is -0.370. The molecular weight excluding hydrogens is 617 g/mol. The Morgan fingerprint density at radius 2 is 1.18 bits per heavy atom. The quantitative estimate of drug-likeness (QED) is 0.175. The van der Waals surface area contributed by atoms with Crippen molar-refractivity contribution in [2.75, 3.05) is 4.90 Å². The molecule has 6 aromatic carbocycles. The van der Waals surface area contributed by atoms with Gasteiger partial charge in [0, 0.05) is 34.3 Å². The molecule has 6 heteroatoms. The van der Waals surface area contributed by atoms with E-state index in [9.17, 15) is 14.9 Å². The number of rotatable bonds is 5. The molecule has 50 heavy (non-hydrogen) atoms. The van der Waals surface area contributed by atoms with Crippen molar-refractivity contribution in [2.45, 2.75) is 0 Å². The van der Waals surface area contributed by atoms with E-state index in [-0.39, 0.29) is 11.8 Å². The molecule has 0 bridgehead atoms. The highest BCUT2D eigenvalue weighted by Crippen LogP contribution is 2.44. The molecule has 0 atom stereocenters. The van der Waals surface area contributed by atoms with Crippen LogP contribution in [0.25, 0.3) is 60.9 Å². The third-order valence-corrected chi connectivity index (χ3v) is 9.44. The molecule has 234 valence electrons. The van der Waals surface area contributed by atoms with E-state index < -0.39 is 0 Å². The van der Waals surface area contributed by atoms with Gasteiger partial charge in [0.25, 0.3) is 11.8 Å². The van der Waals surface area contributed by atoms with E-state index >= 15 is 0 Å². The molecule has 0 unspecified atom stereocenters. The molecule has 6 nitrogen and oxygen atoms in total. The van der Waals surface area contributed by atoms with Crippen molar-refractivity contribution in [3.8, 4) is 45.1 Å². The highest BCUT2D eigenvalue weighted by molar-refractivity contribution is 6.36. The second-order valence-corrected chi connectivity index (χ2v) is 12.2. The van der Waals surface area contributed by atoms with E-state index in [0.717, 1.165) is 55.2 Å². The summed E-state index contributed by atoms with van der Waals surface area (Å²) in [5.41, 5.74) is 9.59. The number of fused-ring (bicyclic) bond motifs is 4. The van der Waals surface area contributed by atoms with Crippen LogP contribution in [0.1, 0.15) is 26.3 Å². The van der Waals surface area contributed by atoms with E-state index in [1.54, 1.807) is 18.5 Å². The van der Waals surface area contributed by atoms with Gasteiger partial charge in [-0.3, -0.25) is 14.6 Å². The van der Waals surface area contributed by atoms with Gasteiger partial charge >= 0.3 is 0 Å². The Labute approximate surface area is 287 Å². The molecule has 0 radical (unpaired) electrons. The van der Waals surface area contributed by atoms with Crippen LogP contribution in [0.15, 0.2) is 158 Å². The largest absolute Gasteiger partial charge is 0.308 e. The number of carbonyl (C=O) groups is 2. The zero-order valence-electron chi connectivity index (χ0n) is 26.6. The van der Waals surface area contributed by atoms with E-state index in [1.807, 2.05) is 127 Å². The summed E-state index contributed by atoms with van der Waals surface area (Å²) in [5.74, 6) is -0.730. The number of amides is 2. The van der Waals surface area contributed by atoms with Crippen LogP contribution in [0.4, 0.5) is 5.69 Å². The number of nitriles is 1. The van der Waals surface area contributed by atoms with Gasteiger partial charge < -0.3 is 4.57 Å². The second kappa shape index (κ2) is 11.6. The van der Waals surface area contributed by atoms with Gasteiger partial charge in [-0.1, -0.05) is 103 Å². The molecule has 0 N–H and O–H groups in total. The number of pyridine rings is 1. The van der Waals surface area contributed by atoms with Crippen LogP contribution in [0.3, 0.4) is 0 Å². The van der Waals surface area contributed by atoms with Crippen molar-refractivity contribution in [1.29, 1.82) is 5.26 Å². The fourth-order valence-corrected chi connectivity index (χ4v) is 7.24. The zero-order chi connectivity index (χ0) is 33.8. The molecule has 1 aliphatic heterocycles. The van der Waals surface area contributed by atoms with Gasteiger partial charge in [-0.05, 0) is 64.7 Å². The maximum Gasteiger partial charge on any atom is 0.268 e. The lowest BCUT2D eigenvalue weighted by Gasteiger charge is -2.22. The third kappa shape index (κ3) is 4.45. The molecule has 0 saturated heterocycles. The molecule has 0 fully saturated rings. The summed E-state index contributed by atoms with van der Waals surface area (Å²) < 4.78 is 2.07. The highest BCUT2D eigenvalue weighted by Gasteiger charge is 2.40. The first-order chi connectivity index (χ1) is 24.6. The van der Waals surface area contributed by atoms with E-state index in [1.165, 1.54) is 4.90 Å². The van der Waals surface area contributed by atoms with Gasteiger partial charge in [0.2, 0.25) is 0 Å². The monoisotopic (exact) mass is 642 g/mol. The van der Waals surface area contributed by atoms with Gasteiger partial charge in [0.1, 0.15) is 6.07 Å². The van der Waals surface area contributed by atoms with Gasteiger partial charge in [0.05, 0.1) is 39.1 Å². The van der Waals surface area contributed by atoms with Crippen LogP contribution >= 0.6 is 0 Å². The topological polar surface area (TPSA) is 79.0 Å². The van der Waals surface area contributed by atoms with Crippen LogP contribution in [0.2, 0.25) is 0 Å². The predicted molar refractivity (Wildman–Crippen MR) is 197 cm³/mol. The molecule has 2 amide bonds. The SMILES string of the molecule is N#Cc1cncc(-c2ccc3c(c2)c2ccccc2n3-c2cccc3c2C(=O)N(c2cccc(-c4ccccc4)c2-c2ccccc2)C3=O)c1. The molecule has 3 heterocycles. The standard InChI is InChI=1S/C44H26N4O2/c45-25-28-23-32(27-46-26-28)31-21-22-38-36(24-31)34-15-7-8-18-37(34)47(38)40-20-10-17-35-42(40)44(50)48(43(35)49)39-19-9-16-33(29-11-3-1-4-12-29)41(39)30-13-5-2-6-14-30/h1-24,26-27H. The van der Waals surface area contributed by atoms with Crippen molar-refractivity contribution in [1.82, 2.24) is 9.55 Å². The van der Waals surface area contributed by atoms with Crippen LogP contribution in [0, 0.1) is 11.3 Å². The molecule has 8 aromatic rings. The Balaban J connectivity index is 1.24. The highest BCUT2D eigenvalue weighted by atomic mass is 16.2. The van der Waals surface area contributed by atoms with Crippen molar-refractivity contribution in [3.05, 3.63) is 175 Å². The Bertz CT molecular complexity index is 2710. The van der Waals surface area contributed by atoms with E-state index in [0.29, 0.717) is 28.1 Å². The Hall–Kier alpha value is -7.10. The summed E-state index contributed by atoms with van der Waals surface area (Å²) in [6, 6.07) is 49.4. The summed E-state index contributed by atoms with van der Waals surface area (Å²) in [6.07, 6.45) is 3.30. The number of aromatic nitrogens is 2. The van der Waals surface area contributed by atoms with Crippen LogP contribution in [-0.4, -0.2) is 21.4 Å². The zero-order valence-corrected chi connectivity index (χ0v) is 26.6. The first-order valence-electron chi connectivity index (χ1n) is 16.3. The van der Waals surface area contributed by atoms with Gasteiger partial charge in [-0.25, -0.2) is 4.90 Å². The summed E-state index contributed by atoms with van der Waals surface area (Å²) in [7, 11) is 0. The smallest absolute Gasteiger partial charge is 0.268 e. The summed E-state index contributed by atoms with van der Waals surface area (Å²) in [5, 5.41) is 11.4. The molecule has 1 aliphatic rings.